The predicted molar refractivity (Wildman–Crippen MR) is 72.7 cm³/mol. The molecule has 1 aromatic carbocycles. The van der Waals surface area contributed by atoms with Crippen molar-refractivity contribution in [3.05, 3.63) is 29.8 Å². The first kappa shape index (κ1) is 12.6. The van der Waals surface area contributed by atoms with Crippen LogP contribution in [0.3, 0.4) is 0 Å². The maximum Gasteiger partial charge on any atom is 0.315 e. The van der Waals surface area contributed by atoms with E-state index in [9.17, 15) is 9.59 Å². The van der Waals surface area contributed by atoms with Crippen LogP contribution in [0.4, 0.5) is 5.69 Å². The van der Waals surface area contributed by atoms with Gasteiger partial charge in [0.05, 0.1) is 6.54 Å². The third-order valence-electron chi connectivity index (χ3n) is 2.29. The molecule has 2 amide bonds. The van der Waals surface area contributed by atoms with E-state index in [2.05, 4.69) is 15.6 Å². The largest absolute Gasteiger partial charge is 0.318 e. The van der Waals surface area contributed by atoms with Gasteiger partial charge in [-0.25, -0.2) is 0 Å². The predicted octanol–water partition coefficient (Wildman–Crippen LogP) is 1.15. The van der Waals surface area contributed by atoms with Crippen LogP contribution in [-0.2, 0) is 9.59 Å². The number of amides is 2. The zero-order valence-electron chi connectivity index (χ0n) is 9.90. The van der Waals surface area contributed by atoms with Gasteiger partial charge >= 0.3 is 11.8 Å². The number of hydrogen-bond acceptors (Lipinski definition) is 4. The number of carbonyl (C=O) groups is 2. The average molecular weight is 263 g/mol. The maximum atomic E-state index is 11.6. The van der Waals surface area contributed by atoms with Crippen LogP contribution in [0.25, 0.3) is 0 Å². The maximum absolute atomic E-state index is 11.6. The Morgan fingerprint density at radius 1 is 1.28 bits per heavy atom. The van der Waals surface area contributed by atoms with Crippen LogP contribution in [0, 0.1) is 6.92 Å². The van der Waals surface area contributed by atoms with E-state index < -0.39 is 11.8 Å². The van der Waals surface area contributed by atoms with Gasteiger partial charge in [0.2, 0.25) is 0 Å². The van der Waals surface area contributed by atoms with Gasteiger partial charge in [0.15, 0.2) is 5.17 Å². The smallest absolute Gasteiger partial charge is 0.315 e. The third kappa shape index (κ3) is 3.33. The fourth-order valence-corrected chi connectivity index (χ4v) is 2.20. The number of rotatable bonds is 1. The van der Waals surface area contributed by atoms with Crippen molar-refractivity contribution in [2.75, 3.05) is 17.6 Å². The van der Waals surface area contributed by atoms with Crippen LogP contribution >= 0.6 is 11.8 Å². The highest BCUT2D eigenvalue weighted by Gasteiger charge is 2.17. The summed E-state index contributed by atoms with van der Waals surface area (Å²) in [5.74, 6) is -0.532. The molecule has 1 heterocycles. The van der Waals surface area contributed by atoms with Crippen LogP contribution in [0.1, 0.15) is 5.56 Å². The second-order valence-electron chi connectivity index (χ2n) is 3.81. The Hall–Kier alpha value is -1.82. The first-order valence-electron chi connectivity index (χ1n) is 5.51. The lowest BCUT2D eigenvalue weighted by Crippen LogP contribution is -2.37. The molecule has 1 aliphatic heterocycles. The molecule has 1 aliphatic rings. The molecule has 1 aromatic rings. The van der Waals surface area contributed by atoms with Crippen LogP contribution in [0.15, 0.2) is 29.3 Å². The van der Waals surface area contributed by atoms with Crippen LogP contribution in [0.5, 0.6) is 0 Å². The minimum atomic E-state index is -0.690. The summed E-state index contributed by atoms with van der Waals surface area (Å²) in [5.41, 5.74) is 1.63. The van der Waals surface area contributed by atoms with Crippen molar-refractivity contribution in [3.8, 4) is 0 Å². The molecule has 0 fully saturated rings. The van der Waals surface area contributed by atoms with Crippen molar-refractivity contribution in [1.82, 2.24) is 5.32 Å². The topological polar surface area (TPSA) is 70.6 Å². The van der Waals surface area contributed by atoms with E-state index in [0.717, 1.165) is 11.3 Å². The summed E-state index contributed by atoms with van der Waals surface area (Å²) < 4.78 is 0. The summed E-state index contributed by atoms with van der Waals surface area (Å²) in [5, 5.41) is 5.53. The van der Waals surface area contributed by atoms with Crippen molar-refractivity contribution in [1.29, 1.82) is 0 Å². The quantitative estimate of drug-likeness (QED) is 0.747. The highest BCUT2D eigenvalue weighted by Crippen LogP contribution is 2.10. The van der Waals surface area contributed by atoms with Gasteiger partial charge in [0.1, 0.15) is 0 Å². The number of anilines is 1. The van der Waals surface area contributed by atoms with E-state index in [-0.39, 0.29) is 0 Å². The summed E-state index contributed by atoms with van der Waals surface area (Å²) in [4.78, 5) is 27.2. The number of aliphatic imine (C=N–C) groups is 1. The number of carbonyl (C=O) groups excluding carboxylic acids is 2. The Morgan fingerprint density at radius 2 is 2.06 bits per heavy atom. The summed E-state index contributed by atoms with van der Waals surface area (Å²) in [6.07, 6.45) is 0. The second-order valence-corrected chi connectivity index (χ2v) is 4.90. The molecule has 5 nitrogen and oxygen atoms in total. The van der Waals surface area contributed by atoms with E-state index in [1.165, 1.54) is 11.8 Å². The Morgan fingerprint density at radius 3 is 2.72 bits per heavy atom. The van der Waals surface area contributed by atoms with Gasteiger partial charge in [-0.3, -0.25) is 19.9 Å². The molecule has 0 atom stereocenters. The van der Waals surface area contributed by atoms with Gasteiger partial charge < -0.3 is 5.32 Å². The molecule has 0 aromatic heterocycles. The van der Waals surface area contributed by atoms with E-state index in [1.807, 2.05) is 19.1 Å². The monoisotopic (exact) mass is 263 g/mol. The fourth-order valence-electron chi connectivity index (χ4n) is 1.48. The van der Waals surface area contributed by atoms with Crippen molar-refractivity contribution >= 4 is 34.4 Å². The molecule has 6 heteroatoms. The second kappa shape index (κ2) is 5.68. The van der Waals surface area contributed by atoms with Crippen LogP contribution < -0.4 is 10.6 Å². The minimum absolute atomic E-state index is 0.513. The number of amidine groups is 1. The lowest BCUT2D eigenvalue weighted by molar-refractivity contribution is -0.135. The normalized spacial score (nSPS) is 13.9. The van der Waals surface area contributed by atoms with E-state index >= 15 is 0 Å². The van der Waals surface area contributed by atoms with Gasteiger partial charge in [-0.2, -0.15) is 0 Å². The number of benzene rings is 1. The lowest BCUT2D eigenvalue weighted by Gasteiger charge is -2.06. The molecule has 18 heavy (non-hydrogen) atoms. The molecule has 2 N–H and O–H groups in total. The highest BCUT2D eigenvalue weighted by molar-refractivity contribution is 8.14. The first-order chi connectivity index (χ1) is 8.65. The Balaban J connectivity index is 1.93. The van der Waals surface area contributed by atoms with Gasteiger partial charge in [-0.1, -0.05) is 23.9 Å². The molecule has 0 saturated carbocycles. The van der Waals surface area contributed by atoms with Crippen molar-refractivity contribution in [3.63, 3.8) is 0 Å². The van der Waals surface area contributed by atoms with Gasteiger partial charge in [-0.05, 0) is 24.6 Å². The third-order valence-corrected chi connectivity index (χ3v) is 3.18. The summed E-state index contributed by atoms with van der Waals surface area (Å²) >= 11 is 1.43. The Labute approximate surface area is 109 Å². The number of aryl methyl sites for hydroxylation is 1. The Bertz CT molecular complexity index is 514. The minimum Gasteiger partial charge on any atom is -0.318 e. The number of nitrogens with one attached hydrogen (secondary N) is 2. The summed E-state index contributed by atoms with van der Waals surface area (Å²) in [6.45, 7) is 2.60. The molecule has 0 saturated heterocycles. The molecule has 2 rings (SSSR count). The molecule has 0 radical (unpaired) electrons. The average Bonchev–Trinajstić information content (AvgIpc) is 2.81. The van der Waals surface area contributed by atoms with Gasteiger partial charge in [0.25, 0.3) is 0 Å². The van der Waals surface area contributed by atoms with Crippen LogP contribution in [0.2, 0.25) is 0 Å². The summed E-state index contributed by atoms with van der Waals surface area (Å²) in [7, 11) is 0. The van der Waals surface area contributed by atoms with Gasteiger partial charge in [0, 0.05) is 11.4 Å². The fraction of sp³-hybridized carbons (Fsp3) is 0.250. The highest BCUT2D eigenvalue weighted by atomic mass is 32.2. The number of thioether (sulfide) groups is 1. The first-order valence-corrected chi connectivity index (χ1v) is 6.50. The molecular weight excluding hydrogens is 250 g/mol. The lowest BCUT2D eigenvalue weighted by atomic mass is 10.2. The molecular formula is C12H13N3O2S. The van der Waals surface area contributed by atoms with Crippen molar-refractivity contribution < 1.29 is 9.59 Å². The standard InChI is InChI=1S/C12H13N3O2S/c1-8-3-2-4-9(7-8)14-10(16)11(17)15-12-13-5-6-18-12/h2-4,7H,5-6H2,1H3,(H,14,16)(H,13,15,17). The van der Waals surface area contributed by atoms with Crippen LogP contribution in [-0.4, -0.2) is 29.3 Å². The van der Waals surface area contributed by atoms with E-state index in [4.69, 9.17) is 0 Å². The van der Waals surface area contributed by atoms with E-state index in [0.29, 0.717) is 17.4 Å². The molecule has 0 spiro atoms. The number of nitrogens with zero attached hydrogens (tertiary/aromatic N) is 1. The zero-order valence-corrected chi connectivity index (χ0v) is 10.7. The van der Waals surface area contributed by atoms with E-state index in [1.54, 1.807) is 12.1 Å². The SMILES string of the molecule is Cc1cccc(NC(=O)C(=O)NC2=NCCS2)c1. The van der Waals surface area contributed by atoms with Crippen molar-refractivity contribution in [2.24, 2.45) is 4.99 Å². The molecule has 0 aliphatic carbocycles. The Kier molecular flexibility index (Phi) is 3.99. The zero-order chi connectivity index (χ0) is 13.0. The van der Waals surface area contributed by atoms with Crippen molar-refractivity contribution in [2.45, 2.75) is 6.92 Å². The number of hydrogen-bond donors (Lipinski definition) is 2. The summed E-state index contributed by atoms with van der Waals surface area (Å²) in [6, 6.07) is 7.27. The van der Waals surface area contributed by atoms with Gasteiger partial charge in [-0.15, -0.1) is 0 Å². The molecule has 0 unspecified atom stereocenters. The molecule has 94 valence electrons. The molecule has 0 bridgehead atoms.